The van der Waals surface area contributed by atoms with Gasteiger partial charge in [0.15, 0.2) is 6.10 Å². The Morgan fingerprint density at radius 3 is 0.882 bits per heavy atom. The summed E-state index contributed by atoms with van der Waals surface area (Å²) in [6.45, 7) is 3.91. The number of ether oxygens (including phenoxy) is 2. The third kappa shape index (κ3) is 54.9. The van der Waals surface area contributed by atoms with Crippen LogP contribution in [0.15, 0.2) is 122 Å². The van der Waals surface area contributed by atoms with E-state index in [1.165, 1.54) is 109 Å². The average molecular weight is 942 g/mol. The van der Waals surface area contributed by atoms with Gasteiger partial charge in [0.05, 0.1) is 6.61 Å². The fraction of sp³-hybridized carbons (Fsp3) is 0.651. The number of carbonyl (C=O) groups is 2. The highest BCUT2D eigenvalue weighted by Crippen LogP contribution is 2.15. The fourth-order valence-electron chi connectivity index (χ4n) is 7.61. The van der Waals surface area contributed by atoms with E-state index in [2.05, 4.69) is 135 Å². The fourth-order valence-corrected chi connectivity index (χ4v) is 7.61. The maximum absolute atomic E-state index is 12.3. The van der Waals surface area contributed by atoms with Gasteiger partial charge in [-0.15, -0.1) is 0 Å². The number of aliphatic hydroxyl groups is 1. The van der Waals surface area contributed by atoms with Gasteiger partial charge in [0.2, 0.25) is 0 Å². The molecule has 0 saturated heterocycles. The number of unbranched alkanes of at least 4 members (excludes halogenated alkanes) is 22. The smallest absolute Gasteiger partial charge is 0.306 e. The highest BCUT2D eigenvalue weighted by Gasteiger charge is 2.16. The molecule has 1 atom stereocenters. The lowest BCUT2D eigenvalue weighted by molar-refractivity contribution is -0.161. The molecule has 0 heterocycles. The third-order valence-electron chi connectivity index (χ3n) is 11.8. The predicted molar refractivity (Wildman–Crippen MR) is 297 cm³/mol. The first kappa shape index (κ1) is 64.3. The zero-order valence-corrected chi connectivity index (χ0v) is 44.1. The quantitative estimate of drug-likeness (QED) is 0.0374. The number of carbonyl (C=O) groups excluding carboxylic acids is 2. The van der Waals surface area contributed by atoms with Crippen LogP contribution in [0.2, 0.25) is 0 Å². The maximum Gasteiger partial charge on any atom is 0.306 e. The van der Waals surface area contributed by atoms with Crippen LogP contribution in [-0.2, 0) is 19.1 Å². The highest BCUT2D eigenvalue weighted by atomic mass is 16.6. The molecule has 68 heavy (non-hydrogen) atoms. The van der Waals surface area contributed by atoms with Crippen LogP contribution in [0.3, 0.4) is 0 Å². The van der Waals surface area contributed by atoms with Crippen molar-refractivity contribution < 1.29 is 24.2 Å². The Balaban J connectivity index is 3.51. The van der Waals surface area contributed by atoms with Crippen molar-refractivity contribution in [1.82, 2.24) is 0 Å². The minimum atomic E-state index is -0.783. The molecule has 5 nitrogen and oxygen atoms in total. The molecule has 0 bridgehead atoms. The minimum absolute atomic E-state index is 0.0755. The van der Waals surface area contributed by atoms with Crippen molar-refractivity contribution in [3.63, 3.8) is 0 Å². The highest BCUT2D eigenvalue weighted by molar-refractivity contribution is 5.70. The van der Waals surface area contributed by atoms with Gasteiger partial charge in [-0.25, -0.2) is 0 Å². The molecule has 0 aromatic carbocycles. The Morgan fingerprint density at radius 2 is 0.588 bits per heavy atom. The van der Waals surface area contributed by atoms with E-state index in [1.807, 2.05) is 0 Å². The third-order valence-corrected chi connectivity index (χ3v) is 11.8. The zero-order valence-electron chi connectivity index (χ0n) is 44.1. The van der Waals surface area contributed by atoms with Crippen LogP contribution >= 0.6 is 0 Å². The van der Waals surface area contributed by atoms with Gasteiger partial charge in [0.1, 0.15) is 6.61 Å². The second-order valence-corrected chi connectivity index (χ2v) is 18.2. The first-order valence-electron chi connectivity index (χ1n) is 28.1. The van der Waals surface area contributed by atoms with Gasteiger partial charge in [0, 0.05) is 12.8 Å². The Hall–Kier alpha value is -3.70. The van der Waals surface area contributed by atoms with Crippen LogP contribution in [0.4, 0.5) is 0 Å². The molecule has 1 unspecified atom stereocenters. The van der Waals surface area contributed by atoms with Crippen LogP contribution in [-0.4, -0.2) is 36.4 Å². The zero-order chi connectivity index (χ0) is 49.2. The molecule has 1 N–H and O–H groups in total. The molecule has 0 fully saturated rings. The molecule has 0 aromatic heterocycles. The van der Waals surface area contributed by atoms with E-state index in [4.69, 9.17) is 9.47 Å². The summed E-state index contributed by atoms with van der Waals surface area (Å²) in [6, 6.07) is 0. The van der Waals surface area contributed by atoms with E-state index >= 15 is 0 Å². The lowest BCUT2D eigenvalue weighted by Crippen LogP contribution is -2.28. The van der Waals surface area contributed by atoms with Crippen LogP contribution in [0.25, 0.3) is 0 Å². The molecule has 5 heteroatoms. The van der Waals surface area contributed by atoms with E-state index in [-0.39, 0.29) is 25.2 Å². The summed E-state index contributed by atoms with van der Waals surface area (Å²) in [4.78, 5) is 24.5. The van der Waals surface area contributed by atoms with Crippen molar-refractivity contribution in [2.45, 2.75) is 251 Å². The molecule has 0 aliphatic carbocycles. The first-order valence-corrected chi connectivity index (χ1v) is 28.1. The maximum atomic E-state index is 12.3. The molecule has 0 saturated carbocycles. The Kier molecular flexibility index (Phi) is 54.5. The topological polar surface area (TPSA) is 72.8 Å². The van der Waals surface area contributed by atoms with Gasteiger partial charge < -0.3 is 14.6 Å². The van der Waals surface area contributed by atoms with Crippen molar-refractivity contribution in [1.29, 1.82) is 0 Å². The van der Waals surface area contributed by atoms with Crippen LogP contribution in [0.1, 0.15) is 245 Å². The lowest BCUT2D eigenvalue weighted by atomic mass is 10.0. The molecule has 0 spiro atoms. The SMILES string of the molecule is CC/C=C\C/C=C\C/C=C\C/C=C\C/C=C\C/C=C\C/C=C\CCCCCCCCCCCCCCCCCC(=O)OC(CO)COC(=O)CCCCCCCCC/C=C\C/C=C\C/C=C\CC. The standard InChI is InChI=1S/C63H104O5/c1-3-5-7-9-11-13-15-17-19-21-22-23-24-25-26-27-28-29-30-31-32-33-34-35-36-37-38-39-40-42-44-46-48-50-52-54-56-58-63(66)68-61(59-64)60-67-62(65)57-55-53-51-49-47-45-43-41-20-18-16-14-12-10-8-6-4-2/h5-8,11-14,17-20,22-23,25-26,28-29,31-32,61,64H,3-4,9-10,15-16,21,24,27,30,33-60H2,1-2H3/b7-5-,8-6-,13-11-,14-12-,19-17-,20-18-,23-22-,26-25-,29-28-,32-31-. The Labute approximate surface area is 420 Å². The van der Waals surface area contributed by atoms with Gasteiger partial charge in [-0.1, -0.05) is 251 Å². The van der Waals surface area contributed by atoms with E-state index < -0.39 is 6.10 Å². The van der Waals surface area contributed by atoms with Crippen LogP contribution in [0, 0.1) is 0 Å². The predicted octanol–water partition coefficient (Wildman–Crippen LogP) is 19.1. The van der Waals surface area contributed by atoms with Gasteiger partial charge >= 0.3 is 11.9 Å². The summed E-state index contributed by atoms with van der Waals surface area (Å²) in [6.07, 6.45) is 84.6. The van der Waals surface area contributed by atoms with Crippen molar-refractivity contribution in [3.05, 3.63) is 122 Å². The number of hydrogen-bond donors (Lipinski definition) is 1. The number of aliphatic hydroxyl groups excluding tert-OH is 1. The number of rotatable bonds is 50. The number of esters is 2. The molecule has 0 aliphatic rings. The summed E-state index contributed by atoms with van der Waals surface area (Å²) < 4.78 is 10.7. The summed E-state index contributed by atoms with van der Waals surface area (Å²) in [5.41, 5.74) is 0. The Morgan fingerprint density at radius 1 is 0.338 bits per heavy atom. The first-order chi connectivity index (χ1) is 33.6. The Bertz CT molecular complexity index is 1390. The minimum Gasteiger partial charge on any atom is -0.462 e. The average Bonchev–Trinajstić information content (AvgIpc) is 3.34. The van der Waals surface area contributed by atoms with E-state index in [0.717, 1.165) is 109 Å². The number of hydrogen-bond acceptors (Lipinski definition) is 5. The molecule has 0 aromatic rings. The van der Waals surface area contributed by atoms with E-state index in [0.29, 0.717) is 12.8 Å². The number of allylic oxidation sites excluding steroid dienone is 20. The van der Waals surface area contributed by atoms with Crippen LogP contribution in [0.5, 0.6) is 0 Å². The molecular weight excluding hydrogens is 837 g/mol. The van der Waals surface area contributed by atoms with Gasteiger partial charge in [0.25, 0.3) is 0 Å². The summed E-state index contributed by atoms with van der Waals surface area (Å²) in [7, 11) is 0. The van der Waals surface area contributed by atoms with Crippen LogP contribution < -0.4 is 0 Å². The summed E-state index contributed by atoms with van der Waals surface area (Å²) >= 11 is 0. The monoisotopic (exact) mass is 941 g/mol. The molecule has 0 rings (SSSR count). The van der Waals surface area contributed by atoms with Gasteiger partial charge in [-0.2, -0.15) is 0 Å². The second-order valence-electron chi connectivity index (χ2n) is 18.2. The summed E-state index contributed by atoms with van der Waals surface area (Å²) in [5, 5.41) is 9.64. The lowest BCUT2D eigenvalue weighted by Gasteiger charge is -2.15. The van der Waals surface area contributed by atoms with E-state index in [1.54, 1.807) is 0 Å². The molecular formula is C63H104O5. The van der Waals surface area contributed by atoms with Crippen molar-refractivity contribution >= 4 is 11.9 Å². The van der Waals surface area contributed by atoms with Crippen molar-refractivity contribution in [3.8, 4) is 0 Å². The van der Waals surface area contributed by atoms with Crippen molar-refractivity contribution in [2.75, 3.05) is 13.2 Å². The molecule has 0 amide bonds. The van der Waals surface area contributed by atoms with Crippen molar-refractivity contribution in [2.24, 2.45) is 0 Å². The normalized spacial score (nSPS) is 13.2. The summed E-state index contributed by atoms with van der Waals surface area (Å²) in [5.74, 6) is -0.604. The molecule has 386 valence electrons. The molecule has 0 radical (unpaired) electrons. The van der Waals surface area contributed by atoms with Gasteiger partial charge in [-0.3, -0.25) is 9.59 Å². The van der Waals surface area contributed by atoms with Gasteiger partial charge in [-0.05, 0) is 103 Å². The second kappa shape index (κ2) is 57.6. The molecule has 0 aliphatic heterocycles. The van der Waals surface area contributed by atoms with E-state index in [9.17, 15) is 14.7 Å². The largest absolute Gasteiger partial charge is 0.462 e.